The molecule has 26 heavy (non-hydrogen) atoms. The first-order valence-electron chi connectivity index (χ1n) is 8.51. The van der Waals surface area contributed by atoms with E-state index in [1.807, 2.05) is 37.3 Å². The number of carbonyl (C=O) groups is 1. The molecule has 2 aromatic rings. The van der Waals surface area contributed by atoms with E-state index in [2.05, 4.69) is 5.32 Å². The number of thioether (sulfide) groups is 1. The number of carbonyl (C=O) groups excluding carboxylic acids is 1. The van der Waals surface area contributed by atoms with E-state index in [0.29, 0.717) is 18.8 Å². The minimum atomic E-state index is -3.49. The van der Waals surface area contributed by atoms with Crippen LogP contribution in [0, 0.1) is 0 Å². The predicted octanol–water partition coefficient (Wildman–Crippen LogP) is 3.84. The summed E-state index contributed by atoms with van der Waals surface area (Å²) in [6, 6.07) is 16.0. The van der Waals surface area contributed by atoms with Gasteiger partial charge in [-0.2, -0.15) is 4.31 Å². The number of amides is 1. The molecule has 0 aliphatic rings. The lowest BCUT2D eigenvalue weighted by Gasteiger charge is -2.18. The third-order valence-electron chi connectivity index (χ3n) is 3.89. The van der Waals surface area contributed by atoms with Crippen LogP contribution in [0.25, 0.3) is 0 Å². The maximum absolute atomic E-state index is 12.5. The van der Waals surface area contributed by atoms with E-state index in [4.69, 9.17) is 0 Å². The fourth-order valence-corrected chi connectivity index (χ4v) is 4.77. The Labute approximate surface area is 159 Å². The predicted molar refractivity (Wildman–Crippen MR) is 107 cm³/mol. The van der Waals surface area contributed by atoms with Crippen molar-refractivity contribution in [1.29, 1.82) is 0 Å². The molecule has 0 heterocycles. The second-order valence-corrected chi connectivity index (χ2v) is 9.03. The molecule has 0 saturated heterocycles. The Kier molecular flexibility index (Phi) is 7.25. The minimum Gasteiger partial charge on any atom is -0.325 e. The maximum atomic E-state index is 12.5. The molecular formula is C19H24N2O3S2. The van der Waals surface area contributed by atoms with E-state index >= 15 is 0 Å². The Bertz CT molecular complexity index is 818. The molecule has 1 atom stereocenters. The number of hydrogen-bond donors (Lipinski definition) is 1. The fraction of sp³-hybridized carbons (Fsp3) is 0.316. The second-order valence-electron chi connectivity index (χ2n) is 5.68. The highest BCUT2D eigenvalue weighted by Crippen LogP contribution is 2.24. The van der Waals surface area contributed by atoms with Crippen molar-refractivity contribution in [3.8, 4) is 0 Å². The van der Waals surface area contributed by atoms with Crippen molar-refractivity contribution in [3.05, 3.63) is 54.6 Å². The molecule has 7 heteroatoms. The highest BCUT2D eigenvalue weighted by Gasteiger charge is 2.21. The Morgan fingerprint density at radius 1 is 1.04 bits per heavy atom. The van der Waals surface area contributed by atoms with Gasteiger partial charge in [0.2, 0.25) is 15.9 Å². The lowest BCUT2D eigenvalue weighted by molar-refractivity contribution is -0.115. The van der Waals surface area contributed by atoms with Crippen molar-refractivity contribution in [2.45, 2.75) is 35.8 Å². The molecule has 0 radical (unpaired) electrons. The van der Waals surface area contributed by atoms with Crippen LogP contribution in [-0.4, -0.2) is 37.0 Å². The zero-order valence-electron chi connectivity index (χ0n) is 15.2. The van der Waals surface area contributed by atoms with E-state index < -0.39 is 10.0 Å². The standard InChI is InChI=1S/C19H24N2O3S2/c1-4-21(5-2)26(23,24)18-13-11-16(12-14-18)20-19(22)15(3)25-17-9-7-6-8-10-17/h6-15H,4-5H2,1-3H3,(H,20,22)/t15-/m0/s1. The first-order valence-corrected chi connectivity index (χ1v) is 10.8. The number of anilines is 1. The molecule has 0 aliphatic carbocycles. The largest absolute Gasteiger partial charge is 0.325 e. The van der Waals surface area contributed by atoms with Crippen LogP contribution < -0.4 is 5.32 Å². The van der Waals surface area contributed by atoms with Crippen molar-refractivity contribution >= 4 is 33.4 Å². The molecule has 2 rings (SSSR count). The lowest BCUT2D eigenvalue weighted by Crippen LogP contribution is -2.30. The van der Waals surface area contributed by atoms with Gasteiger partial charge in [-0.15, -0.1) is 11.8 Å². The van der Waals surface area contributed by atoms with Crippen LogP contribution in [-0.2, 0) is 14.8 Å². The Hall–Kier alpha value is -1.83. The molecule has 0 unspecified atom stereocenters. The molecule has 0 saturated carbocycles. The smallest absolute Gasteiger partial charge is 0.243 e. The van der Waals surface area contributed by atoms with Crippen LogP contribution in [0.15, 0.2) is 64.4 Å². The number of nitrogens with zero attached hydrogens (tertiary/aromatic N) is 1. The van der Waals surface area contributed by atoms with Crippen LogP contribution in [0.1, 0.15) is 20.8 Å². The van der Waals surface area contributed by atoms with Gasteiger partial charge >= 0.3 is 0 Å². The third-order valence-corrected chi connectivity index (χ3v) is 7.07. The van der Waals surface area contributed by atoms with Crippen molar-refractivity contribution in [3.63, 3.8) is 0 Å². The van der Waals surface area contributed by atoms with Gasteiger partial charge in [-0.05, 0) is 43.3 Å². The van der Waals surface area contributed by atoms with Gasteiger partial charge in [0.25, 0.3) is 0 Å². The summed E-state index contributed by atoms with van der Waals surface area (Å²) in [6.07, 6.45) is 0. The van der Waals surface area contributed by atoms with Crippen LogP contribution in [0.5, 0.6) is 0 Å². The van der Waals surface area contributed by atoms with E-state index in [0.717, 1.165) is 4.90 Å². The zero-order chi connectivity index (χ0) is 19.2. The third kappa shape index (κ3) is 5.09. The van der Waals surface area contributed by atoms with Gasteiger partial charge < -0.3 is 5.32 Å². The highest BCUT2D eigenvalue weighted by atomic mass is 32.2. The molecule has 5 nitrogen and oxygen atoms in total. The number of nitrogens with one attached hydrogen (secondary N) is 1. The van der Waals surface area contributed by atoms with Gasteiger partial charge in [0, 0.05) is 23.7 Å². The summed E-state index contributed by atoms with van der Waals surface area (Å²) in [5.41, 5.74) is 0.578. The molecule has 1 amide bonds. The van der Waals surface area contributed by atoms with Crippen LogP contribution in [0.4, 0.5) is 5.69 Å². The first kappa shape index (κ1) is 20.5. The summed E-state index contributed by atoms with van der Waals surface area (Å²) in [4.78, 5) is 13.6. The molecule has 140 valence electrons. The molecule has 0 spiro atoms. The summed E-state index contributed by atoms with van der Waals surface area (Å²) in [5, 5.41) is 2.56. The Balaban J connectivity index is 2.03. The van der Waals surface area contributed by atoms with Crippen molar-refractivity contribution in [2.24, 2.45) is 0 Å². The molecule has 2 aromatic carbocycles. The summed E-state index contributed by atoms with van der Waals surface area (Å²) in [5.74, 6) is -0.127. The second kappa shape index (κ2) is 9.21. The Morgan fingerprint density at radius 2 is 1.62 bits per heavy atom. The summed E-state index contributed by atoms with van der Waals surface area (Å²) in [7, 11) is -3.49. The molecule has 0 fully saturated rings. The summed E-state index contributed by atoms with van der Waals surface area (Å²) in [6.45, 7) is 6.30. The van der Waals surface area contributed by atoms with Gasteiger partial charge in [0.15, 0.2) is 0 Å². The van der Waals surface area contributed by atoms with E-state index in [1.54, 1.807) is 26.0 Å². The first-order chi connectivity index (χ1) is 12.4. The number of benzene rings is 2. The van der Waals surface area contributed by atoms with E-state index in [1.165, 1.54) is 28.2 Å². The lowest BCUT2D eigenvalue weighted by atomic mass is 10.3. The fourth-order valence-electron chi connectivity index (χ4n) is 2.42. The average molecular weight is 393 g/mol. The normalized spacial score (nSPS) is 12.8. The topological polar surface area (TPSA) is 66.5 Å². The van der Waals surface area contributed by atoms with Crippen LogP contribution in [0.2, 0.25) is 0 Å². The number of rotatable bonds is 8. The average Bonchev–Trinajstić information content (AvgIpc) is 2.63. The summed E-state index contributed by atoms with van der Waals surface area (Å²) >= 11 is 1.47. The van der Waals surface area contributed by atoms with Gasteiger partial charge in [-0.3, -0.25) is 4.79 Å². The van der Waals surface area contributed by atoms with E-state index in [9.17, 15) is 13.2 Å². The van der Waals surface area contributed by atoms with Crippen LogP contribution in [0.3, 0.4) is 0 Å². The highest BCUT2D eigenvalue weighted by molar-refractivity contribution is 8.00. The molecule has 0 bridgehead atoms. The zero-order valence-corrected chi connectivity index (χ0v) is 16.8. The minimum absolute atomic E-state index is 0.127. The molecule has 1 N–H and O–H groups in total. The van der Waals surface area contributed by atoms with Crippen LogP contribution >= 0.6 is 11.8 Å². The van der Waals surface area contributed by atoms with Gasteiger partial charge in [0.05, 0.1) is 10.1 Å². The van der Waals surface area contributed by atoms with E-state index in [-0.39, 0.29) is 16.1 Å². The summed E-state index contributed by atoms with van der Waals surface area (Å²) < 4.78 is 26.4. The van der Waals surface area contributed by atoms with Gasteiger partial charge in [-0.25, -0.2) is 8.42 Å². The molecule has 0 aromatic heterocycles. The van der Waals surface area contributed by atoms with Gasteiger partial charge in [0.1, 0.15) is 0 Å². The van der Waals surface area contributed by atoms with Crippen molar-refractivity contribution < 1.29 is 13.2 Å². The monoisotopic (exact) mass is 392 g/mol. The SMILES string of the molecule is CCN(CC)S(=O)(=O)c1ccc(NC(=O)[C@H](C)Sc2ccccc2)cc1. The number of sulfonamides is 1. The van der Waals surface area contributed by atoms with Crippen molar-refractivity contribution in [1.82, 2.24) is 4.31 Å². The molecule has 0 aliphatic heterocycles. The molecular weight excluding hydrogens is 368 g/mol. The number of hydrogen-bond acceptors (Lipinski definition) is 4. The van der Waals surface area contributed by atoms with Crippen molar-refractivity contribution in [2.75, 3.05) is 18.4 Å². The van der Waals surface area contributed by atoms with Gasteiger partial charge in [-0.1, -0.05) is 32.0 Å². The maximum Gasteiger partial charge on any atom is 0.243 e. The Morgan fingerprint density at radius 3 is 2.15 bits per heavy atom. The quantitative estimate of drug-likeness (QED) is 0.693.